The van der Waals surface area contributed by atoms with E-state index >= 15 is 0 Å². The summed E-state index contributed by atoms with van der Waals surface area (Å²) in [5.74, 6) is 0. The molecule has 0 saturated carbocycles. The molecule has 0 unspecified atom stereocenters. The van der Waals surface area contributed by atoms with Crippen molar-refractivity contribution in [3.8, 4) is 0 Å². The molecule has 0 saturated heterocycles. The highest BCUT2D eigenvalue weighted by Crippen LogP contribution is 2.33. The van der Waals surface area contributed by atoms with Crippen LogP contribution in [-0.2, 0) is 25.7 Å². The molecule has 0 fully saturated rings. The predicted molar refractivity (Wildman–Crippen MR) is 116 cm³/mol. The van der Waals surface area contributed by atoms with Crippen molar-refractivity contribution in [2.45, 2.75) is 39.5 Å². The molecule has 4 bridgehead atoms. The van der Waals surface area contributed by atoms with Crippen molar-refractivity contribution in [2.75, 3.05) is 0 Å². The van der Waals surface area contributed by atoms with Crippen LogP contribution in [0.2, 0.25) is 0 Å². The Bertz CT molecular complexity index is 823. The topological polar surface area (TPSA) is 0 Å². The molecule has 26 heavy (non-hydrogen) atoms. The fraction of sp³-hybridized carbons (Fsp3) is 0.273. The van der Waals surface area contributed by atoms with Crippen molar-refractivity contribution >= 4 is 56.5 Å². The molecular weight excluding hydrogens is 406 g/mol. The highest BCUT2D eigenvalue weighted by Gasteiger charge is 2.15. The van der Waals surface area contributed by atoms with Crippen molar-refractivity contribution in [3.63, 3.8) is 0 Å². The molecule has 0 N–H and O–H groups in total. The first-order valence-corrected chi connectivity index (χ1v) is 10.2. The summed E-state index contributed by atoms with van der Waals surface area (Å²) in [4.78, 5) is 0. The monoisotopic (exact) mass is 424 g/mol. The van der Waals surface area contributed by atoms with E-state index in [1.54, 1.807) is 0 Å². The number of benzene rings is 2. The van der Waals surface area contributed by atoms with Gasteiger partial charge in [0.1, 0.15) is 0 Å². The third kappa shape index (κ3) is 4.31. The van der Waals surface area contributed by atoms with Gasteiger partial charge in [-0.3, -0.25) is 0 Å². The van der Waals surface area contributed by atoms with Crippen LogP contribution in [0, 0.1) is 0 Å². The van der Waals surface area contributed by atoms with Crippen LogP contribution < -0.4 is 0 Å². The lowest BCUT2D eigenvalue weighted by atomic mass is 9.90. The first-order valence-electron chi connectivity index (χ1n) is 8.65. The van der Waals surface area contributed by atoms with Gasteiger partial charge in [-0.15, -0.1) is 0 Å². The molecule has 4 aliphatic carbocycles. The predicted octanol–water partition coefficient (Wildman–Crippen LogP) is 7.90. The fourth-order valence-electron chi connectivity index (χ4n) is 3.33. The molecular formula is C22H20Cl4. The quantitative estimate of drug-likeness (QED) is 0.458. The van der Waals surface area contributed by atoms with E-state index in [1.165, 1.54) is 22.3 Å². The van der Waals surface area contributed by atoms with Crippen LogP contribution in [0.4, 0.5) is 0 Å². The van der Waals surface area contributed by atoms with Gasteiger partial charge in [0.15, 0.2) is 0 Å². The minimum Gasteiger partial charge on any atom is -0.0878 e. The number of rotatable bonds is 2. The van der Waals surface area contributed by atoms with E-state index in [1.807, 2.05) is 13.8 Å². The van der Waals surface area contributed by atoms with Gasteiger partial charge in [0, 0.05) is 10.1 Å². The Morgan fingerprint density at radius 2 is 1.00 bits per heavy atom. The summed E-state index contributed by atoms with van der Waals surface area (Å²) in [7, 11) is 0. The second kappa shape index (κ2) is 8.40. The van der Waals surface area contributed by atoms with Crippen LogP contribution in [0.1, 0.15) is 47.2 Å². The Morgan fingerprint density at radius 3 is 1.35 bits per heavy atom. The van der Waals surface area contributed by atoms with E-state index in [9.17, 15) is 0 Å². The second-order valence-electron chi connectivity index (χ2n) is 6.68. The second-order valence-corrected chi connectivity index (χ2v) is 8.57. The molecule has 0 heterocycles. The van der Waals surface area contributed by atoms with Gasteiger partial charge < -0.3 is 0 Å². The zero-order valence-electron chi connectivity index (χ0n) is 14.8. The summed E-state index contributed by atoms with van der Waals surface area (Å²) < 4.78 is 0. The van der Waals surface area contributed by atoms with Gasteiger partial charge in [-0.2, -0.15) is 0 Å². The van der Waals surface area contributed by atoms with E-state index in [2.05, 4.69) is 36.4 Å². The molecule has 2 aromatic rings. The summed E-state index contributed by atoms with van der Waals surface area (Å²) in [5.41, 5.74) is 6.95. The summed E-state index contributed by atoms with van der Waals surface area (Å²) in [6.45, 7) is 3.65. The standard InChI is InChI=1S/C22H20Cl4/c1-13(23)21(25)19-11-15-3-4-16-6-8-18(10-9-17(19)7-5-15)20(12-16)22(26)14(2)24/h5-8,11-12H,3-4,9-10H2,1-2H3/b21-13+,22-14+. The van der Waals surface area contributed by atoms with Gasteiger partial charge in [-0.1, -0.05) is 70.7 Å². The smallest absolute Gasteiger partial charge is 0.0623 e. The molecule has 6 rings (SSSR count). The van der Waals surface area contributed by atoms with Crippen molar-refractivity contribution < 1.29 is 0 Å². The Labute approximate surface area is 175 Å². The minimum atomic E-state index is 0.616. The average Bonchev–Trinajstić information content (AvgIpc) is 2.62. The van der Waals surface area contributed by atoms with E-state index < -0.39 is 0 Å². The Kier molecular flexibility index (Phi) is 6.41. The van der Waals surface area contributed by atoms with E-state index in [0.717, 1.165) is 36.8 Å². The van der Waals surface area contributed by atoms with E-state index in [-0.39, 0.29) is 0 Å². The maximum Gasteiger partial charge on any atom is 0.0623 e. The van der Waals surface area contributed by atoms with Crippen molar-refractivity contribution in [3.05, 3.63) is 79.8 Å². The van der Waals surface area contributed by atoms with Gasteiger partial charge in [0.05, 0.1) is 10.1 Å². The highest BCUT2D eigenvalue weighted by molar-refractivity contribution is 6.55. The maximum absolute atomic E-state index is 6.51. The number of allylic oxidation sites excluding steroid dienone is 2. The molecule has 0 atom stereocenters. The van der Waals surface area contributed by atoms with E-state index in [4.69, 9.17) is 46.4 Å². The van der Waals surface area contributed by atoms with Crippen LogP contribution in [-0.4, -0.2) is 0 Å². The molecule has 4 heteroatoms. The normalized spacial score (nSPS) is 15.9. The Morgan fingerprint density at radius 1 is 0.615 bits per heavy atom. The van der Waals surface area contributed by atoms with Crippen LogP contribution >= 0.6 is 46.4 Å². The molecule has 0 aromatic heterocycles. The maximum atomic E-state index is 6.51. The summed E-state index contributed by atoms with van der Waals surface area (Å²) in [5, 5.41) is 2.49. The number of aryl methyl sites for hydroxylation is 4. The first kappa shape index (κ1) is 19.8. The molecule has 136 valence electrons. The zero-order valence-corrected chi connectivity index (χ0v) is 17.8. The lowest BCUT2D eigenvalue weighted by Crippen LogP contribution is -2.03. The fourth-order valence-corrected chi connectivity index (χ4v) is 3.89. The summed E-state index contributed by atoms with van der Waals surface area (Å²) in [6, 6.07) is 13.1. The SMILES string of the molecule is C/C(Cl)=C(\Cl)c1cc2ccc1CCc1ccc(cc1/C(Cl)=C(/C)Cl)CC2. The van der Waals surface area contributed by atoms with Crippen molar-refractivity contribution in [1.82, 2.24) is 0 Å². The summed E-state index contributed by atoms with van der Waals surface area (Å²) >= 11 is 25.4. The van der Waals surface area contributed by atoms with Gasteiger partial charge >= 0.3 is 0 Å². The molecule has 0 nitrogen and oxygen atoms in total. The van der Waals surface area contributed by atoms with Crippen LogP contribution in [0.3, 0.4) is 0 Å². The van der Waals surface area contributed by atoms with Gasteiger partial charge in [0.2, 0.25) is 0 Å². The van der Waals surface area contributed by atoms with Crippen molar-refractivity contribution in [1.29, 1.82) is 0 Å². The number of hydrogen-bond donors (Lipinski definition) is 0. The molecule has 0 spiro atoms. The zero-order chi connectivity index (χ0) is 18.8. The first-order chi connectivity index (χ1) is 12.4. The van der Waals surface area contributed by atoms with Crippen LogP contribution in [0.5, 0.6) is 0 Å². The largest absolute Gasteiger partial charge is 0.0878 e. The van der Waals surface area contributed by atoms with E-state index in [0.29, 0.717) is 20.1 Å². The van der Waals surface area contributed by atoms with Crippen LogP contribution in [0.15, 0.2) is 46.5 Å². The Balaban J connectivity index is 2.10. The minimum absolute atomic E-state index is 0.616. The molecule has 2 aromatic carbocycles. The van der Waals surface area contributed by atoms with Gasteiger partial charge in [-0.05, 0) is 85.0 Å². The molecule has 0 amide bonds. The van der Waals surface area contributed by atoms with Crippen LogP contribution in [0.25, 0.3) is 10.1 Å². The summed E-state index contributed by atoms with van der Waals surface area (Å²) in [6.07, 6.45) is 3.57. The van der Waals surface area contributed by atoms with Gasteiger partial charge in [-0.25, -0.2) is 0 Å². The average molecular weight is 426 g/mol. The third-order valence-corrected chi connectivity index (χ3v) is 6.34. The lowest BCUT2D eigenvalue weighted by Gasteiger charge is -2.17. The lowest BCUT2D eigenvalue weighted by molar-refractivity contribution is 0.916. The van der Waals surface area contributed by atoms with Crippen molar-refractivity contribution in [2.24, 2.45) is 0 Å². The number of hydrogen-bond acceptors (Lipinski definition) is 0. The highest BCUT2D eigenvalue weighted by atomic mass is 35.5. The Hall–Kier alpha value is -0.920. The van der Waals surface area contributed by atoms with Gasteiger partial charge in [0.25, 0.3) is 0 Å². The molecule has 0 aliphatic heterocycles. The molecule has 4 aliphatic rings. The molecule has 0 radical (unpaired) electrons. The number of halogens is 4. The third-order valence-electron chi connectivity index (χ3n) is 4.79.